The van der Waals surface area contributed by atoms with Gasteiger partial charge in [0.1, 0.15) is 17.5 Å². The number of carbonyl (C=O) groups is 1. The highest BCUT2D eigenvalue weighted by molar-refractivity contribution is 7.98. The molecule has 0 aliphatic heterocycles. The lowest BCUT2D eigenvalue weighted by Gasteiger charge is -2.22. The minimum atomic E-state index is -0.595. The molecule has 0 radical (unpaired) electrons. The van der Waals surface area contributed by atoms with E-state index >= 15 is 0 Å². The molecule has 0 saturated heterocycles. The third kappa shape index (κ3) is 7.21. The van der Waals surface area contributed by atoms with Crippen molar-refractivity contribution in [1.29, 1.82) is 0 Å². The molecule has 0 fully saturated rings. The molecule has 0 spiro atoms. The molecule has 1 N–H and O–H groups in total. The molecule has 0 bridgehead atoms. The van der Waals surface area contributed by atoms with E-state index in [9.17, 15) is 9.18 Å². The lowest BCUT2D eigenvalue weighted by Crippen LogP contribution is -2.35. The van der Waals surface area contributed by atoms with Crippen LogP contribution < -0.4 is 5.32 Å². The monoisotopic (exact) mass is 395 g/mol. The van der Waals surface area contributed by atoms with Crippen molar-refractivity contribution in [2.45, 2.75) is 63.7 Å². The van der Waals surface area contributed by atoms with Gasteiger partial charge in [-0.25, -0.2) is 9.18 Å². The Morgan fingerprint density at radius 1 is 1.30 bits per heavy atom. The van der Waals surface area contributed by atoms with Gasteiger partial charge in [-0.2, -0.15) is 0 Å². The molecule has 0 aliphatic carbocycles. The third-order valence-electron chi connectivity index (χ3n) is 3.43. The smallest absolute Gasteiger partial charge is 0.408 e. The van der Waals surface area contributed by atoms with Gasteiger partial charge in [0, 0.05) is 5.75 Å². The summed E-state index contributed by atoms with van der Waals surface area (Å²) in [7, 11) is 0. The molecule has 1 aromatic heterocycles. The van der Waals surface area contributed by atoms with E-state index in [1.807, 2.05) is 13.8 Å². The molecule has 8 heteroatoms. The third-order valence-corrected chi connectivity index (χ3v) is 4.29. The molecular formula is C19H26FN3O3S. The predicted octanol–water partition coefficient (Wildman–Crippen LogP) is 5.11. The number of benzene rings is 1. The molecule has 1 heterocycles. The average Bonchev–Trinajstić information content (AvgIpc) is 3.00. The van der Waals surface area contributed by atoms with Gasteiger partial charge >= 0.3 is 6.09 Å². The van der Waals surface area contributed by atoms with Crippen LogP contribution >= 0.6 is 11.8 Å². The van der Waals surface area contributed by atoms with Crippen LogP contribution in [-0.4, -0.2) is 21.9 Å². The molecule has 27 heavy (non-hydrogen) atoms. The lowest BCUT2D eigenvalue weighted by molar-refractivity contribution is 0.0487. The summed E-state index contributed by atoms with van der Waals surface area (Å²) in [4.78, 5) is 12.1. The first-order valence-electron chi connectivity index (χ1n) is 8.83. The average molecular weight is 396 g/mol. The number of amides is 1. The highest BCUT2D eigenvalue weighted by Gasteiger charge is 2.25. The number of halogens is 1. The highest BCUT2D eigenvalue weighted by Crippen LogP contribution is 2.27. The quantitative estimate of drug-likeness (QED) is 0.656. The van der Waals surface area contributed by atoms with Crippen molar-refractivity contribution in [2.75, 3.05) is 0 Å². The van der Waals surface area contributed by atoms with Crippen molar-refractivity contribution in [1.82, 2.24) is 15.5 Å². The second kappa shape index (κ2) is 9.21. The van der Waals surface area contributed by atoms with Gasteiger partial charge in [0.25, 0.3) is 5.22 Å². The van der Waals surface area contributed by atoms with Gasteiger partial charge in [0.15, 0.2) is 0 Å². The maximum atomic E-state index is 13.7. The minimum Gasteiger partial charge on any atom is -0.444 e. The number of hydrogen-bond donors (Lipinski definition) is 1. The fourth-order valence-corrected chi connectivity index (χ4v) is 3.07. The van der Waals surface area contributed by atoms with E-state index in [1.165, 1.54) is 17.8 Å². The SMILES string of the molecule is CC(C)CC(NC(=O)OC(C)(C)C)c1nnc(SCc2ccccc2F)o1. The molecule has 1 atom stereocenters. The highest BCUT2D eigenvalue weighted by atomic mass is 32.2. The van der Waals surface area contributed by atoms with Gasteiger partial charge in [-0.05, 0) is 44.7 Å². The van der Waals surface area contributed by atoms with Gasteiger partial charge in [0.05, 0.1) is 0 Å². The fourth-order valence-electron chi connectivity index (χ4n) is 2.32. The summed E-state index contributed by atoms with van der Waals surface area (Å²) < 4.78 is 24.7. The second-order valence-corrected chi connectivity index (χ2v) is 8.54. The van der Waals surface area contributed by atoms with Crippen LogP contribution in [0, 0.1) is 11.7 Å². The number of ether oxygens (including phenoxy) is 1. The number of nitrogens with zero attached hydrogens (tertiary/aromatic N) is 2. The van der Waals surface area contributed by atoms with Crippen molar-refractivity contribution in [3.63, 3.8) is 0 Å². The summed E-state index contributed by atoms with van der Waals surface area (Å²) in [6.07, 6.45) is 0.0886. The first kappa shape index (κ1) is 21.2. The van der Waals surface area contributed by atoms with Crippen molar-refractivity contribution in [2.24, 2.45) is 5.92 Å². The Morgan fingerprint density at radius 2 is 2.00 bits per heavy atom. The molecule has 2 aromatic rings. The standard InChI is InChI=1S/C19H26FN3O3S/c1-12(2)10-15(21-17(24)26-19(3,4)5)16-22-23-18(25-16)27-11-13-8-6-7-9-14(13)20/h6-9,12,15H,10-11H2,1-5H3,(H,21,24). The lowest BCUT2D eigenvalue weighted by atomic mass is 10.0. The molecule has 0 aliphatic rings. The summed E-state index contributed by atoms with van der Waals surface area (Å²) in [5, 5.41) is 11.2. The van der Waals surface area contributed by atoms with Gasteiger partial charge in [0.2, 0.25) is 5.89 Å². The van der Waals surface area contributed by atoms with E-state index in [0.717, 1.165) is 0 Å². The molecule has 1 unspecified atom stereocenters. The van der Waals surface area contributed by atoms with Crippen LogP contribution in [0.4, 0.5) is 9.18 Å². The topological polar surface area (TPSA) is 77.2 Å². The van der Waals surface area contributed by atoms with Gasteiger partial charge in [-0.3, -0.25) is 0 Å². The molecule has 148 valence electrons. The summed E-state index contributed by atoms with van der Waals surface area (Å²) >= 11 is 1.25. The summed E-state index contributed by atoms with van der Waals surface area (Å²) in [6.45, 7) is 9.47. The number of rotatable bonds is 7. The largest absolute Gasteiger partial charge is 0.444 e. The maximum absolute atomic E-state index is 13.7. The molecule has 1 aromatic carbocycles. The van der Waals surface area contributed by atoms with Crippen molar-refractivity contribution in [3.8, 4) is 0 Å². The first-order chi connectivity index (χ1) is 12.6. The first-order valence-corrected chi connectivity index (χ1v) is 9.81. The Hall–Kier alpha value is -2.09. The Morgan fingerprint density at radius 3 is 2.63 bits per heavy atom. The Bertz CT molecular complexity index is 759. The van der Waals surface area contributed by atoms with Crippen LogP contribution in [0.1, 0.15) is 58.5 Å². The Labute approximate surface area is 163 Å². The molecule has 0 saturated carbocycles. The van der Waals surface area contributed by atoms with E-state index < -0.39 is 17.7 Å². The number of hydrogen-bond acceptors (Lipinski definition) is 6. The van der Waals surface area contributed by atoms with E-state index in [4.69, 9.17) is 9.15 Å². The summed E-state index contributed by atoms with van der Waals surface area (Å²) in [5.74, 6) is 0.716. The van der Waals surface area contributed by atoms with Crippen molar-refractivity contribution in [3.05, 3.63) is 41.5 Å². The van der Waals surface area contributed by atoms with Gasteiger partial charge < -0.3 is 14.5 Å². The zero-order valence-electron chi connectivity index (χ0n) is 16.3. The number of nitrogens with one attached hydrogen (secondary N) is 1. The van der Waals surface area contributed by atoms with Crippen LogP contribution in [-0.2, 0) is 10.5 Å². The normalized spacial score (nSPS) is 12.9. The minimum absolute atomic E-state index is 0.269. The Kier molecular flexibility index (Phi) is 7.24. The van der Waals surface area contributed by atoms with E-state index in [2.05, 4.69) is 15.5 Å². The van der Waals surface area contributed by atoms with E-state index in [1.54, 1.807) is 39.0 Å². The molecule has 2 rings (SSSR count). The number of carbonyl (C=O) groups excluding carboxylic acids is 1. The van der Waals surface area contributed by atoms with Crippen LogP contribution in [0.5, 0.6) is 0 Å². The van der Waals surface area contributed by atoms with Crippen LogP contribution in [0.2, 0.25) is 0 Å². The molecular weight excluding hydrogens is 369 g/mol. The predicted molar refractivity (Wildman–Crippen MR) is 102 cm³/mol. The van der Waals surface area contributed by atoms with E-state index in [-0.39, 0.29) is 5.82 Å². The zero-order valence-corrected chi connectivity index (χ0v) is 17.1. The van der Waals surface area contributed by atoms with Crippen molar-refractivity contribution >= 4 is 17.9 Å². The van der Waals surface area contributed by atoms with Crippen LogP contribution in [0.15, 0.2) is 33.9 Å². The second-order valence-electron chi connectivity index (χ2n) is 7.61. The van der Waals surface area contributed by atoms with Crippen molar-refractivity contribution < 1.29 is 18.3 Å². The number of alkyl carbamates (subject to hydrolysis) is 1. The number of aromatic nitrogens is 2. The summed E-state index contributed by atoms with van der Waals surface area (Å²) in [6, 6.07) is 6.11. The van der Waals surface area contributed by atoms with Gasteiger partial charge in [-0.1, -0.05) is 43.8 Å². The zero-order chi connectivity index (χ0) is 20.0. The van der Waals surface area contributed by atoms with Crippen LogP contribution in [0.25, 0.3) is 0 Å². The van der Waals surface area contributed by atoms with Gasteiger partial charge in [-0.15, -0.1) is 10.2 Å². The van der Waals surface area contributed by atoms with Crippen LogP contribution in [0.3, 0.4) is 0 Å². The fraction of sp³-hybridized carbons (Fsp3) is 0.526. The molecule has 6 nitrogen and oxygen atoms in total. The Balaban J connectivity index is 2.04. The van der Waals surface area contributed by atoms with E-state index in [0.29, 0.717) is 34.8 Å². The maximum Gasteiger partial charge on any atom is 0.408 e. The number of thioether (sulfide) groups is 1. The summed E-state index contributed by atoms with van der Waals surface area (Å²) in [5.41, 5.74) is -0.0323. The molecule has 1 amide bonds.